The molecule has 3 heteroatoms. The van der Waals surface area contributed by atoms with Crippen molar-refractivity contribution < 1.29 is 10.2 Å². The summed E-state index contributed by atoms with van der Waals surface area (Å²) in [6, 6.07) is 0. The van der Waals surface area contributed by atoms with Gasteiger partial charge < -0.3 is 16.4 Å². The zero-order valence-corrected chi connectivity index (χ0v) is 12.0. The second kappa shape index (κ2) is 11.0. The fourth-order valence-electron chi connectivity index (χ4n) is 2.09. The number of hydrogen-bond acceptors (Lipinski definition) is 3. The quantitative estimate of drug-likeness (QED) is 0.549. The minimum atomic E-state index is -0.832. The topological polar surface area (TPSA) is 75.5 Å². The summed E-state index contributed by atoms with van der Waals surface area (Å²) in [7, 11) is 0. The third-order valence-corrected chi connectivity index (χ3v) is 3.38. The van der Waals surface area contributed by atoms with Crippen LogP contribution in [0.15, 0.2) is 0 Å². The predicted octanol–water partition coefficient (Wildman–Crippen LogP) is 3.81. The molecule has 0 heterocycles. The van der Waals surface area contributed by atoms with Crippen molar-refractivity contribution >= 4 is 0 Å². The van der Waals surface area contributed by atoms with Gasteiger partial charge in [-0.3, -0.25) is 0 Å². The molecule has 0 saturated carbocycles. The van der Waals surface area contributed by atoms with Gasteiger partial charge in [-0.15, -0.1) is 0 Å². The second-order valence-electron chi connectivity index (χ2n) is 4.97. The van der Waals surface area contributed by atoms with Crippen LogP contribution < -0.4 is 6.15 Å². The molecule has 0 fully saturated rings. The molecule has 0 aromatic heterocycles. The van der Waals surface area contributed by atoms with Gasteiger partial charge in [0.1, 0.15) is 0 Å². The molecule has 17 heavy (non-hydrogen) atoms. The minimum absolute atomic E-state index is 0. The first-order valence-electron chi connectivity index (χ1n) is 7.01. The first-order valence-corrected chi connectivity index (χ1v) is 7.01. The third kappa shape index (κ3) is 7.74. The Morgan fingerprint density at radius 1 is 0.882 bits per heavy atom. The number of unbranched alkanes of at least 4 members (excludes halogenated alkanes) is 3. The second-order valence-corrected chi connectivity index (χ2v) is 4.97. The van der Waals surface area contributed by atoms with E-state index in [1.54, 1.807) is 0 Å². The van der Waals surface area contributed by atoms with Gasteiger partial charge >= 0.3 is 0 Å². The molecule has 0 saturated heterocycles. The van der Waals surface area contributed by atoms with Gasteiger partial charge in [0.25, 0.3) is 0 Å². The standard InChI is InChI=1S/C14H30O2.H3N/c1-4-7-10-13(15)14(16,11-8-5-2)12-9-6-3;/h13,15-16H,4-12H2,1-3H3;1H3. The summed E-state index contributed by atoms with van der Waals surface area (Å²) >= 11 is 0. The fourth-order valence-corrected chi connectivity index (χ4v) is 2.09. The predicted molar refractivity (Wildman–Crippen MR) is 74.6 cm³/mol. The zero-order chi connectivity index (χ0) is 12.4. The SMILES string of the molecule is CCCCC(O)C(O)(CCCC)CCCC.N. The number of rotatable bonds is 10. The van der Waals surface area contributed by atoms with Crippen LogP contribution in [0.5, 0.6) is 0 Å². The van der Waals surface area contributed by atoms with E-state index in [0.29, 0.717) is 0 Å². The van der Waals surface area contributed by atoms with Gasteiger partial charge in [-0.1, -0.05) is 59.3 Å². The maximum absolute atomic E-state index is 10.5. The summed E-state index contributed by atoms with van der Waals surface area (Å²) in [5.41, 5.74) is -0.832. The van der Waals surface area contributed by atoms with E-state index >= 15 is 0 Å². The number of aliphatic hydroxyl groups excluding tert-OH is 1. The molecule has 0 rings (SSSR count). The van der Waals surface area contributed by atoms with Crippen LogP contribution in [-0.4, -0.2) is 21.9 Å². The molecular weight excluding hydrogens is 214 g/mol. The summed E-state index contributed by atoms with van der Waals surface area (Å²) in [6.45, 7) is 6.36. The lowest BCUT2D eigenvalue weighted by Gasteiger charge is -2.33. The third-order valence-electron chi connectivity index (χ3n) is 3.38. The van der Waals surface area contributed by atoms with E-state index in [-0.39, 0.29) is 6.15 Å². The van der Waals surface area contributed by atoms with Crippen LogP contribution in [-0.2, 0) is 0 Å². The summed E-state index contributed by atoms with van der Waals surface area (Å²) < 4.78 is 0. The molecule has 106 valence electrons. The molecule has 0 aliphatic heterocycles. The van der Waals surface area contributed by atoms with E-state index in [9.17, 15) is 10.2 Å². The van der Waals surface area contributed by atoms with Crippen molar-refractivity contribution in [3.8, 4) is 0 Å². The number of aliphatic hydroxyl groups is 2. The molecule has 0 aliphatic rings. The van der Waals surface area contributed by atoms with Crippen LogP contribution in [0.2, 0.25) is 0 Å². The molecule has 0 bridgehead atoms. The highest BCUT2D eigenvalue weighted by Crippen LogP contribution is 2.28. The van der Waals surface area contributed by atoms with E-state index in [2.05, 4.69) is 20.8 Å². The smallest absolute Gasteiger partial charge is 0.0905 e. The van der Waals surface area contributed by atoms with Crippen LogP contribution in [0.25, 0.3) is 0 Å². The molecule has 5 N–H and O–H groups in total. The van der Waals surface area contributed by atoms with Crippen LogP contribution in [0.4, 0.5) is 0 Å². The van der Waals surface area contributed by atoms with Gasteiger partial charge in [-0.2, -0.15) is 0 Å². The fraction of sp³-hybridized carbons (Fsp3) is 1.00. The molecule has 0 aromatic rings. The normalized spacial score (nSPS) is 13.2. The Morgan fingerprint density at radius 2 is 1.29 bits per heavy atom. The van der Waals surface area contributed by atoms with Gasteiger partial charge in [0.15, 0.2) is 0 Å². The van der Waals surface area contributed by atoms with Gasteiger partial charge in [-0.05, 0) is 19.3 Å². The van der Waals surface area contributed by atoms with Gasteiger partial charge in [0.2, 0.25) is 0 Å². The summed E-state index contributed by atoms with van der Waals surface area (Å²) in [5, 5.41) is 20.6. The van der Waals surface area contributed by atoms with Crippen LogP contribution in [0.3, 0.4) is 0 Å². The Labute approximate surface area is 107 Å². The van der Waals surface area contributed by atoms with Crippen molar-refractivity contribution in [3.63, 3.8) is 0 Å². The first-order chi connectivity index (χ1) is 7.60. The Balaban J connectivity index is 0. The minimum Gasteiger partial charge on any atom is -0.390 e. The number of hydrogen-bond donors (Lipinski definition) is 3. The Morgan fingerprint density at radius 3 is 1.65 bits per heavy atom. The van der Waals surface area contributed by atoms with Crippen molar-refractivity contribution in [3.05, 3.63) is 0 Å². The van der Waals surface area contributed by atoms with Crippen molar-refractivity contribution in [1.82, 2.24) is 6.15 Å². The zero-order valence-electron chi connectivity index (χ0n) is 12.0. The largest absolute Gasteiger partial charge is 0.390 e. The summed E-state index contributed by atoms with van der Waals surface area (Å²) in [6.07, 6.45) is 7.93. The van der Waals surface area contributed by atoms with Crippen LogP contribution in [0, 0.1) is 0 Å². The lowest BCUT2D eigenvalue weighted by atomic mass is 9.83. The summed E-state index contributed by atoms with van der Waals surface area (Å²) in [4.78, 5) is 0. The van der Waals surface area contributed by atoms with E-state index < -0.39 is 11.7 Å². The average Bonchev–Trinajstić information content (AvgIpc) is 2.30. The molecule has 0 aromatic carbocycles. The first kappa shape index (κ1) is 19.2. The summed E-state index contributed by atoms with van der Waals surface area (Å²) in [5.74, 6) is 0. The lowest BCUT2D eigenvalue weighted by Crippen LogP contribution is -2.42. The Hall–Kier alpha value is -0.120. The molecule has 0 amide bonds. The van der Waals surface area contributed by atoms with Gasteiger partial charge in [-0.25, -0.2) is 0 Å². The van der Waals surface area contributed by atoms with Crippen molar-refractivity contribution in [2.75, 3.05) is 0 Å². The van der Waals surface area contributed by atoms with E-state index in [1.807, 2.05) is 0 Å². The maximum Gasteiger partial charge on any atom is 0.0905 e. The molecular formula is C14H33NO2. The molecule has 1 atom stereocenters. The maximum atomic E-state index is 10.5. The van der Waals surface area contributed by atoms with Crippen molar-refractivity contribution in [2.45, 2.75) is 90.3 Å². The Kier molecular flexibility index (Phi) is 12.4. The Bertz CT molecular complexity index is 154. The molecule has 0 radical (unpaired) electrons. The van der Waals surface area contributed by atoms with Crippen molar-refractivity contribution in [1.29, 1.82) is 0 Å². The average molecular weight is 247 g/mol. The van der Waals surface area contributed by atoms with E-state index in [0.717, 1.165) is 57.8 Å². The highest BCUT2D eigenvalue weighted by molar-refractivity contribution is 4.86. The lowest BCUT2D eigenvalue weighted by molar-refractivity contribution is -0.0914. The molecule has 3 nitrogen and oxygen atoms in total. The van der Waals surface area contributed by atoms with E-state index in [4.69, 9.17) is 0 Å². The molecule has 1 unspecified atom stereocenters. The highest BCUT2D eigenvalue weighted by atomic mass is 16.3. The highest BCUT2D eigenvalue weighted by Gasteiger charge is 2.33. The van der Waals surface area contributed by atoms with Crippen LogP contribution >= 0.6 is 0 Å². The van der Waals surface area contributed by atoms with Gasteiger partial charge in [0.05, 0.1) is 11.7 Å². The molecule has 0 aliphatic carbocycles. The monoisotopic (exact) mass is 247 g/mol. The van der Waals surface area contributed by atoms with Crippen molar-refractivity contribution in [2.24, 2.45) is 0 Å². The van der Waals surface area contributed by atoms with Crippen LogP contribution in [0.1, 0.15) is 78.6 Å². The van der Waals surface area contributed by atoms with Gasteiger partial charge in [0, 0.05) is 0 Å². The van der Waals surface area contributed by atoms with E-state index in [1.165, 1.54) is 0 Å². The molecule has 0 spiro atoms.